The summed E-state index contributed by atoms with van der Waals surface area (Å²) in [5.41, 5.74) is 5.21. The van der Waals surface area contributed by atoms with Crippen molar-refractivity contribution in [2.45, 2.75) is 25.2 Å². The van der Waals surface area contributed by atoms with Gasteiger partial charge in [0.2, 0.25) is 10.0 Å². The molecule has 0 aromatic heterocycles. The highest BCUT2D eigenvalue weighted by atomic mass is 79.9. The van der Waals surface area contributed by atoms with Crippen LogP contribution in [-0.2, 0) is 10.0 Å². The molecule has 0 aliphatic rings. The van der Waals surface area contributed by atoms with E-state index in [0.717, 1.165) is 16.8 Å². The van der Waals surface area contributed by atoms with Gasteiger partial charge < -0.3 is 5.73 Å². The van der Waals surface area contributed by atoms with Gasteiger partial charge in [0.15, 0.2) is 5.82 Å². The summed E-state index contributed by atoms with van der Waals surface area (Å²) in [7, 11) is -2.55. The lowest BCUT2D eigenvalue weighted by Gasteiger charge is -2.21. The van der Waals surface area contributed by atoms with E-state index in [9.17, 15) is 12.8 Å². The Morgan fingerprint density at radius 1 is 1.55 bits per heavy atom. The van der Waals surface area contributed by atoms with Crippen LogP contribution in [0.2, 0.25) is 5.02 Å². The summed E-state index contributed by atoms with van der Waals surface area (Å²) in [6.45, 7) is 4.18. The highest BCUT2D eigenvalue weighted by molar-refractivity contribution is 9.10. The Hall–Kier alpha value is -0.370. The highest BCUT2D eigenvalue weighted by Crippen LogP contribution is 2.35. The normalized spacial score (nSPS) is 13.8. The summed E-state index contributed by atoms with van der Waals surface area (Å²) in [4.78, 5) is -0.506. The molecule has 0 amide bonds. The second kappa shape index (κ2) is 6.60. The number of anilines is 1. The van der Waals surface area contributed by atoms with Crippen molar-refractivity contribution in [2.75, 3.05) is 19.3 Å². The predicted molar refractivity (Wildman–Crippen MR) is 82.8 cm³/mol. The molecule has 0 heterocycles. The van der Waals surface area contributed by atoms with Gasteiger partial charge in [0, 0.05) is 13.6 Å². The van der Waals surface area contributed by atoms with Crippen LogP contribution in [0.25, 0.3) is 0 Å². The average Bonchev–Trinajstić information content (AvgIpc) is 2.39. The van der Waals surface area contributed by atoms with Crippen molar-refractivity contribution in [3.8, 4) is 0 Å². The Labute approximate surface area is 132 Å². The largest absolute Gasteiger partial charge is 0.395 e. The first-order valence-electron chi connectivity index (χ1n) is 6.02. The molecule has 0 aliphatic heterocycles. The fraction of sp³-hybridized carbons (Fsp3) is 0.500. The van der Waals surface area contributed by atoms with Crippen molar-refractivity contribution in [3.63, 3.8) is 0 Å². The van der Waals surface area contributed by atoms with E-state index in [4.69, 9.17) is 17.3 Å². The van der Waals surface area contributed by atoms with Gasteiger partial charge in [0.05, 0.1) is 15.2 Å². The van der Waals surface area contributed by atoms with E-state index in [1.54, 1.807) is 0 Å². The topological polar surface area (TPSA) is 63.4 Å². The third-order valence-corrected chi connectivity index (χ3v) is 6.31. The van der Waals surface area contributed by atoms with Gasteiger partial charge in [-0.05, 0) is 27.9 Å². The number of rotatable bonds is 5. The van der Waals surface area contributed by atoms with Gasteiger partial charge in [-0.1, -0.05) is 31.9 Å². The van der Waals surface area contributed by atoms with Gasteiger partial charge >= 0.3 is 0 Å². The Bertz CT molecular complexity index is 610. The van der Waals surface area contributed by atoms with Crippen molar-refractivity contribution in [2.24, 2.45) is 5.92 Å². The quantitative estimate of drug-likeness (QED) is 0.621. The van der Waals surface area contributed by atoms with Crippen LogP contribution in [0.5, 0.6) is 0 Å². The average molecular weight is 388 g/mol. The minimum atomic E-state index is -3.96. The van der Waals surface area contributed by atoms with E-state index in [1.165, 1.54) is 7.05 Å². The van der Waals surface area contributed by atoms with Crippen molar-refractivity contribution in [1.29, 1.82) is 0 Å². The van der Waals surface area contributed by atoms with Gasteiger partial charge in [0.25, 0.3) is 0 Å². The van der Waals surface area contributed by atoms with Crippen molar-refractivity contribution in [3.05, 3.63) is 21.4 Å². The van der Waals surface area contributed by atoms with Crippen molar-refractivity contribution in [1.82, 2.24) is 4.31 Å². The summed E-state index contributed by atoms with van der Waals surface area (Å²) in [6.07, 6.45) is 0.825. The maximum absolute atomic E-state index is 14.1. The van der Waals surface area contributed by atoms with Gasteiger partial charge in [-0.2, -0.15) is 0 Å². The Morgan fingerprint density at radius 2 is 2.10 bits per heavy atom. The fourth-order valence-corrected chi connectivity index (χ4v) is 3.58. The Kier molecular flexibility index (Phi) is 5.83. The zero-order chi connectivity index (χ0) is 15.7. The Balaban J connectivity index is 3.30. The van der Waals surface area contributed by atoms with Crippen LogP contribution in [0.3, 0.4) is 0 Å². The van der Waals surface area contributed by atoms with Gasteiger partial charge in [-0.3, -0.25) is 0 Å². The molecule has 8 heteroatoms. The second-order valence-electron chi connectivity index (χ2n) is 4.70. The maximum atomic E-state index is 14.1. The molecule has 1 aromatic rings. The van der Waals surface area contributed by atoms with Crippen LogP contribution in [0.4, 0.5) is 10.1 Å². The van der Waals surface area contributed by atoms with Crippen LogP contribution in [0.1, 0.15) is 20.3 Å². The van der Waals surface area contributed by atoms with Crippen molar-refractivity contribution < 1.29 is 12.8 Å². The van der Waals surface area contributed by atoms with Crippen LogP contribution in [-0.4, -0.2) is 26.3 Å². The van der Waals surface area contributed by atoms with E-state index in [-0.39, 0.29) is 21.1 Å². The molecular formula is C12H17BrClFN2O2S. The molecule has 0 saturated carbocycles. The molecule has 0 spiro atoms. The SMILES string of the molecule is CCC(C)CN(C)S(=O)(=O)c1cc(Cl)c(Br)c(N)c1F. The standard InChI is InChI=1S/C12H17BrClFN2O2S/c1-4-7(2)6-17(3)20(18,19)9-5-8(14)10(13)12(16)11(9)15/h5,7H,4,6,16H2,1-3H3. The number of benzene rings is 1. The molecule has 0 bridgehead atoms. The lowest BCUT2D eigenvalue weighted by Crippen LogP contribution is -2.31. The molecule has 1 atom stereocenters. The molecule has 4 nitrogen and oxygen atoms in total. The second-order valence-corrected chi connectivity index (χ2v) is 7.91. The highest BCUT2D eigenvalue weighted by Gasteiger charge is 2.28. The van der Waals surface area contributed by atoms with Crippen LogP contribution >= 0.6 is 27.5 Å². The summed E-state index contributed by atoms with van der Waals surface area (Å²) in [5.74, 6) is -0.821. The zero-order valence-electron chi connectivity index (χ0n) is 11.5. The molecule has 2 N–H and O–H groups in total. The van der Waals surface area contributed by atoms with Crippen LogP contribution < -0.4 is 5.73 Å². The molecule has 0 fully saturated rings. The number of nitrogen functional groups attached to an aromatic ring is 1. The third-order valence-electron chi connectivity index (χ3n) is 3.11. The first-order chi connectivity index (χ1) is 9.12. The summed E-state index contributed by atoms with van der Waals surface area (Å²) < 4.78 is 40.1. The summed E-state index contributed by atoms with van der Waals surface area (Å²) in [5, 5.41) is 0.0550. The summed E-state index contributed by atoms with van der Waals surface area (Å²) in [6, 6.07) is 1.07. The predicted octanol–water partition coefficient (Wildman–Crippen LogP) is 3.49. The lowest BCUT2D eigenvalue weighted by molar-refractivity contribution is 0.391. The number of hydrogen-bond donors (Lipinski definition) is 1. The lowest BCUT2D eigenvalue weighted by atomic mass is 10.1. The van der Waals surface area contributed by atoms with E-state index < -0.39 is 20.7 Å². The number of nitrogens with zero attached hydrogens (tertiary/aromatic N) is 1. The van der Waals surface area contributed by atoms with Crippen LogP contribution in [0, 0.1) is 11.7 Å². The molecule has 0 saturated heterocycles. The minimum absolute atomic E-state index is 0.0550. The monoisotopic (exact) mass is 386 g/mol. The molecule has 0 aliphatic carbocycles. The first kappa shape index (κ1) is 17.7. The van der Waals surface area contributed by atoms with Crippen molar-refractivity contribution >= 4 is 43.2 Å². The molecule has 1 rings (SSSR count). The fourth-order valence-electron chi connectivity index (χ4n) is 1.62. The van der Waals surface area contributed by atoms with Gasteiger partial charge in [-0.25, -0.2) is 17.1 Å². The van der Waals surface area contributed by atoms with E-state index in [0.29, 0.717) is 6.54 Å². The third kappa shape index (κ3) is 3.44. The molecule has 20 heavy (non-hydrogen) atoms. The number of hydrogen-bond acceptors (Lipinski definition) is 3. The maximum Gasteiger partial charge on any atom is 0.245 e. The Morgan fingerprint density at radius 3 is 2.60 bits per heavy atom. The van der Waals surface area contributed by atoms with Crippen LogP contribution in [0.15, 0.2) is 15.4 Å². The van der Waals surface area contributed by atoms with E-state index in [2.05, 4.69) is 15.9 Å². The first-order valence-corrected chi connectivity index (χ1v) is 8.63. The zero-order valence-corrected chi connectivity index (χ0v) is 14.6. The number of sulfonamides is 1. The smallest absolute Gasteiger partial charge is 0.245 e. The number of halogens is 3. The number of nitrogens with two attached hydrogens (primary N) is 1. The molecule has 114 valence electrons. The van der Waals surface area contributed by atoms with E-state index >= 15 is 0 Å². The van der Waals surface area contributed by atoms with Gasteiger partial charge in [0.1, 0.15) is 4.90 Å². The van der Waals surface area contributed by atoms with Gasteiger partial charge in [-0.15, -0.1) is 0 Å². The molecule has 0 radical (unpaired) electrons. The van der Waals surface area contributed by atoms with E-state index in [1.807, 2.05) is 13.8 Å². The summed E-state index contributed by atoms with van der Waals surface area (Å²) >= 11 is 8.87. The molecule has 1 aromatic carbocycles. The molecular weight excluding hydrogens is 371 g/mol. The molecule has 1 unspecified atom stereocenters. The minimum Gasteiger partial charge on any atom is -0.395 e.